The molecular weight excluding hydrogens is 452 g/mol. The minimum absolute atomic E-state index is 0.0703. The molecule has 33 heavy (non-hydrogen) atoms. The number of fused-ring (bicyclic) bond motifs is 1. The van der Waals surface area contributed by atoms with Crippen molar-refractivity contribution in [1.29, 1.82) is 0 Å². The van der Waals surface area contributed by atoms with Crippen molar-refractivity contribution < 1.29 is 9.59 Å². The second kappa shape index (κ2) is 10.1. The number of benzene rings is 3. The van der Waals surface area contributed by atoms with Crippen LogP contribution in [0.3, 0.4) is 0 Å². The largest absolute Gasteiger partial charge is 0.325 e. The van der Waals surface area contributed by atoms with Gasteiger partial charge in [0.15, 0.2) is 4.34 Å². The fraction of sp³-hybridized carbons (Fsp3) is 0.160. The lowest BCUT2D eigenvalue weighted by molar-refractivity contribution is -0.113. The number of amides is 3. The van der Waals surface area contributed by atoms with Crippen LogP contribution in [0, 0.1) is 20.8 Å². The van der Waals surface area contributed by atoms with Gasteiger partial charge in [-0.1, -0.05) is 42.1 Å². The van der Waals surface area contributed by atoms with E-state index in [9.17, 15) is 9.59 Å². The highest BCUT2D eigenvalue weighted by molar-refractivity contribution is 8.01. The molecular formula is C25H24N4O2S2. The second-order valence-corrected chi connectivity index (χ2v) is 9.89. The number of carbonyl (C=O) groups is 2. The van der Waals surface area contributed by atoms with Gasteiger partial charge in [-0.05, 0) is 67.8 Å². The highest BCUT2D eigenvalue weighted by Crippen LogP contribution is 2.31. The van der Waals surface area contributed by atoms with Crippen LogP contribution in [0.15, 0.2) is 65.0 Å². The Morgan fingerprint density at radius 1 is 0.879 bits per heavy atom. The van der Waals surface area contributed by atoms with Crippen molar-refractivity contribution in [2.45, 2.75) is 25.1 Å². The summed E-state index contributed by atoms with van der Waals surface area (Å²) in [6.07, 6.45) is 0. The first-order valence-corrected chi connectivity index (χ1v) is 12.2. The van der Waals surface area contributed by atoms with E-state index in [1.54, 1.807) is 0 Å². The number of para-hydroxylation sites is 1. The number of urea groups is 1. The topological polar surface area (TPSA) is 83.1 Å². The molecule has 0 fully saturated rings. The molecule has 0 aliphatic rings. The Balaban J connectivity index is 1.37. The number of aryl methyl sites for hydroxylation is 2. The van der Waals surface area contributed by atoms with E-state index in [-0.39, 0.29) is 17.7 Å². The highest BCUT2D eigenvalue weighted by atomic mass is 32.2. The van der Waals surface area contributed by atoms with E-state index in [1.165, 1.54) is 23.1 Å². The fourth-order valence-electron chi connectivity index (χ4n) is 3.24. The van der Waals surface area contributed by atoms with E-state index in [0.29, 0.717) is 5.69 Å². The molecule has 3 N–H and O–H groups in total. The van der Waals surface area contributed by atoms with Crippen LogP contribution >= 0.6 is 23.1 Å². The van der Waals surface area contributed by atoms with Gasteiger partial charge in [0, 0.05) is 17.1 Å². The Kier molecular flexibility index (Phi) is 6.96. The van der Waals surface area contributed by atoms with E-state index in [4.69, 9.17) is 0 Å². The van der Waals surface area contributed by atoms with Crippen LogP contribution in [0.1, 0.15) is 16.7 Å². The maximum Gasteiger partial charge on any atom is 0.323 e. The summed E-state index contributed by atoms with van der Waals surface area (Å²) in [4.78, 5) is 29.4. The molecule has 0 radical (unpaired) electrons. The molecule has 0 aliphatic carbocycles. The van der Waals surface area contributed by atoms with Gasteiger partial charge in [-0.2, -0.15) is 0 Å². The number of thiazole rings is 1. The maximum atomic E-state index is 12.5. The summed E-state index contributed by atoms with van der Waals surface area (Å²) in [6, 6.07) is 18.8. The lowest BCUT2D eigenvalue weighted by Gasteiger charge is -2.11. The fourth-order valence-corrected chi connectivity index (χ4v) is 5.15. The van der Waals surface area contributed by atoms with Crippen molar-refractivity contribution in [3.05, 3.63) is 77.4 Å². The average Bonchev–Trinajstić information content (AvgIpc) is 3.19. The quantitative estimate of drug-likeness (QED) is 0.274. The standard InChI is InChI=1S/C25H24N4O2S2/c1-15-8-6-10-20(17(15)3)28-24(31)26-18-11-12-21-22(13-18)33-25(29-21)32-14-23(30)27-19-9-5-4-7-16(19)2/h4-13H,14H2,1-3H3,(H,27,30)(H2,26,28,31). The van der Waals surface area contributed by atoms with Gasteiger partial charge in [0.1, 0.15) is 0 Å². The average molecular weight is 477 g/mol. The molecule has 0 spiro atoms. The number of hydrogen-bond acceptors (Lipinski definition) is 5. The van der Waals surface area contributed by atoms with Gasteiger partial charge in [0.05, 0.1) is 16.0 Å². The molecule has 1 heterocycles. The van der Waals surface area contributed by atoms with Crippen LogP contribution in [0.4, 0.5) is 21.9 Å². The van der Waals surface area contributed by atoms with E-state index in [0.717, 1.165) is 42.6 Å². The van der Waals surface area contributed by atoms with Gasteiger partial charge in [-0.3, -0.25) is 4.79 Å². The lowest BCUT2D eigenvalue weighted by atomic mass is 10.1. The molecule has 0 bridgehead atoms. The Morgan fingerprint density at radius 2 is 1.64 bits per heavy atom. The van der Waals surface area contributed by atoms with Gasteiger partial charge in [-0.15, -0.1) is 11.3 Å². The van der Waals surface area contributed by atoms with Gasteiger partial charge >= 0.3 is 6.03 Å². The summed E-state index contributed by atoms with van der Waals surface area (Å²) < 4.78 is 1.75. The van der Waals surface area contributed by atoms with Crippen molar-refractivity contribution >= 4 is 62.3 Å². The molecule has 0 atom stereocenters. The zero-order valence-corrected chi connectivity index (χ0v) is 20.2. The van der Waals surface area contributed by atoms with E-state index in [1.807, 2.05) is 81.4 Å². The smallest absolute Gasteiger partial charge is 0.323 e. The molecule has 1 aromatic heterocycles. The highest BCUT2D eigenvalue weighted by Gasteiger charge is 2.11. The van der Waals surface area contributed by atoms with Crippen molar-refractivity contribution in [1.82, 2.24) is 4.98 Å². The molecule has 4 aromatic rings. The molecule has 0 saturated carbocycles. The summed E-state index contributed by atoms with van der Waals surface area (Å²) in [5.74, 6) is 0.205. The number of aromatic nitrogens is 1. The number of carbonyl (C=O) groups excluding carboxylic acids is 2. The van der Waals surface area contributed by atoms with Crippen LogP contribution in [-0.2, 0) is 4.79 Å². The lowest BCUT2D eigenvalue weighted by Crippen LogP contribution is -2.20. The van der Waals surface area contributed by atoms with Crippen LogP contribution in [0.5, 0.6) is 0 Å². The van der Waals surface area contributed by atoms with E-state index >= 15 is 0 Å². The number of nitrogens with zero attached hydrogens (tertiary/aromatic N) is 1. The summed E-state index contributed by atoms with van der Waals surface area (Å²) in [5, 5.41) is 8.71. The Bertz CT molecular complexity index is 1330. The van der Waals surface area contributed by atoms with Crippen LogP contribution < -0.4 is 16.0 Å². The van der Waals surface area contributed by atoms with Gasteiger partial charge < -0.3 is 16.0 Å². The van der Waals surface area contributed by atoms with E-state index < -0.39 is 0 Å². The number of hydrogen-bond donors (Lipinski definition) is 3. The summed E-state index contributed by atoms with van der Waals surface area (Å²) in [6.45, 7) is 5.96. The predicted molar refractivity (Wildman–Crippen MR) is 139 cm³/mol. The van der Waals surface area contributed by atoms with Crippen LogP contribution in [0.2, 0.25) is 0 Å². The van der Waals surface area contributed by atoms with Crippen LogP contribution in [-0.4, -0.2) is 22.7 Å². The van der Waals surface area contributed by atoms with Gasteiger partial charge in [0.2, 0.25) is 5.91 Å². The maximum absolute atomic E-state index is 12.5. The van der Waals surface area contributed by atoms with Crippen molar-refractivity contribution in [3.63, 3.8) is 0 Å². The zero-order chi connectivity index (χ0) is 23.4. The molecule has 8 heteroatoms. The number of anilines is 3. The summed E-state index contributed by atoms with van der Waals surface area (Å²) in [5.41, 5.74) is 6.31. The second-order valence-electron chi connectivity index (χ2n) is 7.64. The zero-order valence-electron chi connectivity index (χ0n) is 18.6. The van der Waals surface area contributed by atoms with Crippen LogP contribution in [0.25, 0.3) is 10.2 Å². The predicted octanol–water partition coefficient (Wildman–Crippen LogP) is 6.60. The third kappa shape index (κ3) is 5.71. The van der Waals surface area contributed by atoms with Gasteiger partial charge in [-0.25, -0.2) is 9.78 Å². The molecule has 3 amide bonds. The Labute approximate surface area is 200 Å². The van der Waals surface area contributed by atoms with Gasteiger partial charge in [0.25, 0.3) is 0 Å². The Hall–Kier alpha value is -3.36. The Morgan fingerprint density at radius 3 is 2.45 bits per heavy atom. The SMILES string of the molecule is Cc1ccccc1NC(=O)CSc1nc2ccc(NC(=O)Nc3cccc(C)c3C)cc2s1. The molecule has 6 nitrogen and oxygen atoms in total. The molecule has 0 saturated heterocycles. The first-order valence-electron chi connectivity index (χ1n) is 10.4. The minimum Gasteiger partial charge on any atom is -0.325 e. The van der Waals surface area contributed by atoms with Crippen molar-refractivity contribution in [2.24, 2.45) is 0 Å². The first-order chi connectivity index (χ1) is 15.9. The number of rotatable bonds is 6. The molecule has 168 valence electrons. The van der Waals surface area contributed by atoms with E-state index in [2.05, 4.69) is 20.9 Å². The molecule has 0 unspecified atom stereocenters. The third-order valence-corrected chi connectivity index (χ3v) is 7.39. The van der Waals surface area contributed by atoms with Crippen molar-refractivity contribution in [3.8, 4) is 0 Å². The molecule has 0 aliphatic heterocycles. The molecule has 3 aromatic carbocycles. The first kappa shape index (κ1) is 22.8. The summed E-state index contributed by atoms with van der Waals surface area (Å²) in [7, 11) is 0. The third-order valence-electron chi connectivity index (χ3n) is 5.23. The normalized spacial score (nSPS) is 10.8. The number of thioether (sulfide) groups is 1. The molecule has 4 rings (SSSR count). The van der Waals surface area contributed by atoms with Crippen molar-refractivity contribution in [2.75, 3.05) is 21.7 Å². The summed E-state index contributed by atoms with van der Waals surface area (Å²) >= 11 is 2.90. The minimum atomic E-state index is -0.296. The number of nitrogens with one attached hydrogen (secondary N) is 3. The monoisotopic (exact) mass is 476 g/mol.